The third kappa shape index (κ3) is 1.54. The number of para-hydroxylation sites is 1. The lowest BCUT2D eigenvalue weighted by molar-refractivity contribution is -0.122. The van der Waals surface area contributed by atoms with Gasteiger partial charge in [-0.15, -0.1) is 0 Å². The third-order valence-electron chi connectivity index (χ3n) is 3.22. The molecule has 2 heterocycles. The zero-order valence-corrected chi connectivity index (χ0v) is 11.4. The van der Waals surface area contributed by atoms with Crippen LogP contribution in [-0.4, -0.2) is 30.3 Å². The minimum absolute atomic E-state index is 0.190. The lowest BCUT2D eigenvalue weighted by Gasteiger charge is -2.25. The Morgan fingerprint density at radius 1 is 1.37 bits per heavy atom. The average Bonchev–Trinajstić information content (AvgIpc) is 2.62. The molecule has 0 saturated carbocycles. The van der Waals surface area contributed by atoms with Crippen LogP contribution in [-0.2, 0) is 10.5 Å². The number of benzene rings is 1. The summed E-state index contributed by atoms with van der Waals surface area (Å²) in [5.41, 5.74) is 6.11. The van der Waals surface area contributed by atoms with Crippen LogP contribution < -0.4 is 16.0 Å². The van der Waals surface area contributed by atoms with E-state index < -0.39 is 5.66 Å². The second kappa shape index (κ2) is 3.99. The Labute approximate surface area is 114 Å². The number of hydrogen-bond acceptors (Lipinski definition) is 6. The Morgan fingerprint density at radius 2 is 2.11 bits per heavy atom. The number of amidine groups is 1. The molecule has 3 rings (SSSR count). The van der Waals surface area contributed by atoms with Crippen molar-refractivity contribution in [1.29, 1.82) is 0 Å². The number of rotatable bonds is 0. The molecule has 1 spiro atoms. The fourth-order valence-corrected chi connectivity index (χ4v) is 2.77. The van der Waals surface area contributed by atoms with Crippen LogP contribution in [0.5, 0.6) is 0 Å². The molecule has 0 fully saturated rings. The zero-order valence-electron chi connectivity index (χ0n) is 10.5. The van der Waals surface area contributed by atoms with Gasteiger partial charge in [0, 0.05) is 12.6 Å². The Kier molecular flexibility index (Phi) is 2.53. The summed E-state index contributed by atoms with van der Waals surface area (Å²) >= 11 is 1.40. The van der Waals surface area contributed by atoms with Gasteiger partial charge in [0.1, 0.15) is 0 Å². The van der Waals surface area contributed by atoms with Crippen molar-refractivity contribution in [3.8, 4) is 0 Å². The Balaban J connectivity index is 2.27. The summed E-state index contributed by atoms with van der Waals surface area (Å²) in [6.45, 7) is 0. The number of thioether (sulfide) groups is 1. The Morgan fingerprint density at radius 3 is 2.84 bits per heavy atom. The van der Waals surface area contributed by atoms with Crippen LogP contribution in [0.4, 0.5) is 5.69 Å². The van der Waals surface area contributed by atoms with Crippen LogP contribution in [0.2, 0.25) is 0 Å². The molecule has 19 heavy (non-hydrogen) atoms. The second-order valence-electron chi connectivity index (χ2n) is 4.30. The number of amides is 1. The van der Waals surface area contributed by atoms with E-state index in [4.69, 9.17) is 5.73 Å². The van der Waals surface area contributed by atoms with Crippen molar-refractivity contribution in [2.24, 2.45) is 15.7 Å². The van der Waals surface area contributed by atoms with E-state index in [0.717, 1.165) is 11.3 Å². The van der Waals surface area contributed by atoms with Crippen molar-refractivity contribution < 1.29 is 4.79 Å². The molecular formula is C12H13N5OS. The first-order valence-electron chi connectivity index (χ1n) is 5.72. The van der Waals surface area contributed by atoms with Gasteiger partial charge in [-0.25, -0.2) is 9.98 Å². The Bertz CT molecular complexity index is 626. The molecule has 0 saturated heterocycles. The largest absolute Gasteiger partial charge is 0.370 e. The third-order valence-corrected chi connectivity index (χ3v) is 3.80. The van der Waals surface area contributed by atoms with Gasteiger partial charge in [-0.2, -0.15) is 0 Å². The van der Waals surface area contributed by atoms with E-state index in [1.54, 1.807) is 11.9 Å². The molecular weight excluding hydrogens is 262 g/mol. The highest BCUT2D eigenvalue weighted by molar-refractivity contribution is 8.13. The minimum Gasteiger partial charge on any atom is -0.370 e. The molecule has 0 aromatic heterocycles. The predicted molar refractivity (Wildman–Crippen MR) is 77.2 cm³/mol. The maximum Gasteiger partial charge on any atom is 0.282 e. The van der Waals surface area contributed by atoms with Crippen LogP contribution >= 0.6 is 11.8 Å². The predicted octanol–water partition coefficient (Wildman–Crippen LogP) is 0.453. The standard InChI is InChI=1S/C12H13N5OS/c1-17-8-6-4-3-5-7(8)12(9(17)18)15-10(13)14-11(16-12)19-2/h3-6H,1-2H3,(H3,13,14,15,16). The highest BCUT2D eigenvalue weighted by Gasteiger charge is 2.51. The van der Waals surface area contributed by atoms with Crippen LogP contribution in [0.25, 0.3) is 0 Å². The summed E-state index contributed by atoms with van der Waals surface area (Å²) < 4.78 is 0. The molecule has 1 unspecified atom stereocenters. The molecule has 7 heteroatoms. The number of carbonyl (C=O) groups is 1. The molecule has 98 valence electrons. The number of likely N-dealkylation sites (N-methyl/N-ethyl adjacent to an activating group) is 1. The first-order valence-corrected chi connectivity index (χ1v) is 6.95. The SMILES string of the molecule is CSC1=NC2(N=C(N)N1)C(=O)N(C)c1ccccc12. The van der Waals surface area contributed by atoms with Crippen molar-refractivity contribution in [2.75, 3.05) is 18.2 Å². The topological polar surface area (TPSA) is 83.1 Å². The highest BCUT2D eigenvalue weighted by Crippen LogP contribution is 2.44. The maximum absolute atomic E-state index is 12.6. The van der Waals surface area contributed by atoms with E-state index in [1.807, 2.05) is 30.5 Å². The smallest absolute Gasteiger partial charge is 0.282 e. The lowest BCUT2D eigenvalue weighted by Crippen LogP contribution is -2.47. The van der Waals surface area contributed by atoms with Crippen LogP contribution in [0.1, 0.15) is 5.56 Å². The van der Waals surface area contributed by atoms with Gasteiger partial charge in [0.05, 0.1) is 5.69 Å². The van der Waals surface area contributed by atoms with E-state index in [0.29, 0.717) is 5.17 Å². The van der Waals surface area contributed by atoms with E-state index in [-0.39, 0.29) is 11.9 Å². The van der Waals surface area contributed by atoms with Crippen molar-refractivity contribution in [3.63, 3.8) is 0 Å². The number of fused-ring (bicyclic) bond motifs is 2. The van der Waals surface area contributed by atoms with Crippen LogP contribution in [0.15, 0.2) is 34.3 Å². The number of guanidine groups is 1. The number of nitrogens with one attached hydrogen (secondary N) is 1. The molecule has 1 aromatic rings. The lowest BCUT2D eigenvalue weighted by atomic mass is 10.0. The zero-order chi connectivity index (χ0) is 13.6. The molecule has 1 aromatic carbocycles. The summed E-state index contributed by atoms with van der Waals surface area (Å²) in [6.07, 6.45) is 1.87. The van der Waals surface area contributed by atoms with Gasteiger partial charge in [-0.05, 0) is 12.3 Å². The molecule has 2 aliphatic rings. The number of aliphatic imine (C=N–C) groups is 2. The molecule has 3 N–H and O–H groups in total. The molecule has 0 aliphatic carbocycles. The molecule has 2 aliphatic heterocycles. The number of carbonyl (C=O) groups excluding carboxylic acids is 1. The van der Waals surface area contributed by atoms with E-state index in [9.17, 15) is 4.79 Å². The summed E-state index contributed by atoms with van der Waals surface area (Å²) in [6, 6.07) is 7.49. The first-order chi connectivity index (χ1) is 9.08. The number of nitrogens with zero attached hydrogens (tertiary/aromatic N) is 3. The highest BCUT2D eigenvalue weighted by atomic mass is 32.2. The fraction of sp³-hybridized carbons (Fsp3) is 0.250. The summed E-state index contributed by atoms with van der Waals surface area (Å²) in [5, 5.41) is 3.44. The van der Waals surface area contributed by atoms with Gasteiger partial charge in [0.25, 0.3) is 11.6 Å². The normalized spacial score (nSPS) is 24.9. The van der Waals surface area contributed by atoms with Gasteiger partial charge in [-0.3, -0.25) is 4.79 Å². The quantitative estimate of drug-likeness (QED) is 0.720. The average molecular weight is 275 g/mol. The van der Waals surface area contributed by atoms with Crippen LogP contribution in [0.3, 0.4) is 0 Å². The van der Waals surface area contributed by atoms with Gasteiger partial charge >= 0.3 is 0 Å². The summed E-state index contributed by atoms with van der Waals surface area (Å²) in [4.78, 5) is 22.9. The van der Waals surface area contributed by atoms with E-state index >= 15 is 0 Å². The molecule has 6 nitrogen and oxygen atoms in total. The van der Waals surface area contributed by atoms with Gasteiger partial charge in [0.2, 0.25) is 0 Å². The van der Waals surface area contributed by atoms with Crippen molar-refractivity contribution in [1.82, 2.24) is 5.32 Å². The second-order valence-corrected chi connectivity index (χ2v) is 5.09. The van der Waals surface area contributed by atoms with Crippen LogP contribution in [0, 0.1) is 0 Å². The molecule has 0 radical (unpaired) electrons. The van der Waals surface area contributed by atoms with Crippen molar-refractivity contribution in [3.05, 3.63) is 29.8 Å². The Hall–Kier alpha value is -2.02. The maximum atomic E-state index is 12.6. The van der Waals surface area contributed by atoms with E-state index in [1.165, 1.54) is 11.8 Å². The van der Waals surface area contributed by atoms with E-state index in [2.05, 4.69) is 15.3 Å². The van der Waals surface area contributed by atoms with Crippen molar-refractivity contribution >= 4 is 34.5 Å². The number of nitrogens with two attached hydrogens (primary N) is 1. The van der Waals surface area contributed by atoms with Gasteiger partial charge in [-0.1, -0.05) is 30.0 Å². The summed E-state index contributed by atoms with van der Waals surface area (Å²) in [7, 11) is 1.72. The minimum atomic E-state index is -1.26. The number of hydrogen-bond donors (Lipinski definition) is 2. The molecule has 1 atom stereocenters. The number of anilines is 1. The van der Waals surface area contributed by atoms with Gasteiger partial charge in [0.15, 0.2) is 11.1 Å². The molecule has 0 bridgehead atoms. The van der Waals surface area contributed by atoms with Gasteiger partial charge < -0.3 is 16.0 Å². The first kappa shape index (κ1) is 12.0. The van der Waals surface area contributed by atoms with Crippen molar-refractivity contribution in [2.45, 2.75) is 5.66 Å². The molecule has 1 amide bonds. The monoisotopic (exact) mass is 275 g/mol. The fourth-order valence-electron chi connectivity index (χ4n) is 2.34. The summed E-state index contributed by atoms with van der Waals surface area (Å²) in [5.74, 6) is 0.0162.